The molecule has 1 aliphatic rings. The second-order valence-corrected chi connectivity index (χ2v) is 7.15. The molecule has 0 bridgehead atoms. The molecule has 1 atom stereocenters. The monoisotopic (exact) mass is 410 g/mol. The Kier molecular flexibility index (Phi) is 5.54. The van der Waals surface area contributed by atoms with Gasteiger partial charge in [-0.15, -0.1) is 0 Å². The van der Waals surface area contributed by atoms with Crippen molar-refractivity contribution in [3.63, 3.8) is 0 Å². The zero-order valence-corrected chi connectivity index (χ0v) is 16.2. The molecule has 156 valence electrons. The number of amides is 3. The molecule has 1 aliphatic heterocycles. The smallest absolute Gasteiger partial charge is 0.322 e. The van der Waals surface area contributed by atoms with E-state index in [2.05, 4.69) is 15.8 Å². The van der Waals surface area contributed by atoms with Gasteiger partial charge in [0.05, 0.1) is 18.3 Å². The van der Waals surface area contributed by atoms with Crippen molar-refractivity contribution in [2.24, 2.45) is 0 Å². The molecule has 7 nitrogen and oxygen atoms in total. The molecule has 29 heavy (non-hydrogen) atoms. The van der Waals surface area contributed by atoms with Gasteiger partial charge in [0.1, 0.15) is 5.82 Å². The number of halogens is 3. The van der Waals surface area contributed by atoms with E-state index in [1.54, 1.807) is 6.92 Å². The van der Waals surface area contributed by atoms with Crippen LogP contribution in [-0.4, -0.2) is 40.5 Å². The van der Waals surface area contributed by atoms with E-state index in [-0.39, 0.29) is 18.1 Å². The number of urea groups is 1. The molecule has 0 radical (unpaired) electrons. The first-order valence-electron chi connectivity index (χ1n) is 9.04. The van der Waals surface area contributed by atoms with Crippen molar-refractivity contribution >= 4 is 17.6 Å². The highest BCUT2D eigenvalue weighted by Crippen LogP contribution is 2.24. The van der Waals surface area contributed by atoms with Crippen molar-refractivity contribution in [1.82, 2.24) is 15.4 Å². The first-order chi connectivity index (χ1) is 13.6. The maximum absolute atomic E-state index is 13.4. The van der Waals surface area contributed by atoms with Gasteiger partial charge in [-0.3, -0.25) is 4.79 Å². The summed E-state index contributed by atoms with van der Waals surface area (Å²) in [7, 11) is 0. The van der Waals surface area contributed by atoms with Gasteiger partial charge in [0.25, 0.3) is 11.8 Å². The van der Waals surface area contributed by atoms with Gasteiger partial charge >= 0.3 is 6.03 Å². The van der Waals surface area contributed by atoms with Crippen LogP contribution < -0.4 is 10.6 Å². The molecule has 0 saturated carbocycles. The average Bonchev–Trinajstić information content (AvgIpc) is 3.07. The van der Waals surface area contributed by atoms with Crippen LogP contribution in [0.3, 0.4) is 0 Å². The van der Waals surface area contributed by atoms with Crippen LogP contribution in [0.4, 0.5) is 23.7 Å². The topological polar surface area (TPSA) is 87.5 Å². The molecule has 0 unspecified atom stereocenters. The van der Waals surface area contributed by atoms with Gasteiger partial charge in [0.2, 0.25) is 5.76 Å². The quantitative estimate of drug-likeness (QED) is 0.808. The molecule has 0 saturated heterocycles. The Morgan fingerprint density at radius 2 is 2.07 bits per heavy atom. The molecule has 2 N–H and O–H groups in total. The van der Waals surface area contributed by atoms with E-state index in [0.717, 1.165) is 0 Å². The molecule has 2 aromatic rings. The van der Waals surface area contributed by atoms with Crippen molar-refractivity contribution in [1.29, 1.82) is 0 Å². The van der Waals surface area contributed by atoms with Crippen molar-refractivity contribution in [2.45, 2.75) is 45.7 Å². The molecular weight excluding hydrogens is 389 g/mol. The lowest BCUT2D eigenvalue weighted by atomic mass is 10.1. The Hall–Kier alpha value is -3.04. The number of carbonyl (C=O) groups excluding carboxylic acids is 2. The highest BCUT2D eigenvalue weighted by atomic mass is 19.3. The van der Waals surface area contributed by atoms with E-state index in [4.69, 9.17) is 4.52 Å². The molecular formula is C19H21F3N4O3. The zero-order chi connectivity index (χ0) is 21.3. The minimum atomic E-state index is -3.10. The van der Waals surface area contributed by atoms with E-state index in [9.17, 15) is 22.8 Å². The summed E-state index contributed by atoms with van der Waals surface area (Å²) in [6.07, 6.45) is 0.349. The molecule has 0 aliphatic carbocycles. The van der Waals surface area contributed by atoms with Crippen LogP contribution >= 0.6 is 0 Å². The van der Waals surface area contributed by atoms with Crippen LogP contribution in [0, 0.1) is 12.7 Å². The van der Waals surface area contributed by atoms with E-state index in [1.165, 1.54) is 30.0 Å². The Morgan fingerprint density at radius 1 is 1.34 bits per heavy atom. The molecule has 0 fully saturated rings. The van der Waals surface area contributed by atoms with E-state index >= 15 is 0 Å². The van der Waals surface area contributed by atoms with Gasteiger partial charge in [0.15, 0.2) is 0 Å². The highest BCUT2D eigenvalue weighted by Gasteiger charge is 2.35. The summed E-state index contributed by atoms with van der Waals surface area (Å²) in [6, 6.07) is 2.36. The van der Waals surface area contributed by atoms with Gasteiger partial charge < -0.3 is 20.1 Å². The maximum Gasteiger partial charge on any atom is 0.322 e. The summed E-state index contributed by atoms with van der Waals surface area (Å²) >= 11 is 0. The summed E-state index contributed by atoms with van der Waals surface area (Å²) in [5.74, 6) is -4.48. The number of carbonyl (C=O) groups is 2. The number of hydrogen-bond acceptors (Lipinski definition) is 4. The average molecular weight is 410 g/mol. The lowest BCUT2D eigenvalue weighted by Gasteiger charge is -2.26. The largest absolute Gasteiger partial charge is 0.350 e. The van der Waals surface area contributed by atoms with Crippen molar-refractivity contribution in [3.8, 4) is 0 Å². The number of nitrogens with one attached hydrogen (secondary N) is 2. The number of fused-ring (bicyclic) bond motifs is 1. The van der Waals surface area contributed by atoms with Crippen LogP contribution in [0.15, 0.2) is 22.7 Å². The number of anilines is 1. The van der Waals surface area contributed by atoms with Crippen molar-refractivity contribution in [3.05, 3.63) is 46.6 Å². The predicted molar refractivity (Wildman–Crippen MR) is 98.3 cm³/mol. The van der Waals surface area contributed by atoms with Crippen molar-refractivity contribution < 1.29 is 27.3 Å². The van der Waals surface area contributed by atoms with E-state index in [1.807, 2.05) is 0 Å². The fourth-order valence-electron chi connectivity index (χ4n) is 2.88. The van der Waals surface area contributed by atoms with Crippen molar-refractivity contribution in [2.75, 3.05) is 11.9 Å². The Morgan fingerprint density at radius 3 is 2.72 bits per heavy atom. The predicted octanol–water partition coefficient (Wildman–Crippen LogP) is 3.49. The summed E-state index contributed by atoms with van der Waals surface area (Å²) in [5.41, 5.74) is 1.71. The van der Waals surface area contributed by atoms with Gasteiger partial charge in [-0.1, -0.05) is 5.16 Å². The maximum atomic E-state index is 13.4. The minimum Gasteiger partial charge on any atom is -0.350 e. The summed E-state index contributed by atoms with van der Waals surface area (Å²) < 4.78 is 45.1. The molecule has 0 spiro atoms. The summed E-state index contributed by atoms with van der Waals surface area (Å²) in [5, 5.41) is 8.69. The molecule has 10 heteroatoms. The van der Waals surface area contributed by atoms with Crippen LogP contribution in [0.2, 0.25) is 0 Å². The Labute approximate surface area is 165 Å². The number of aromatic nitrogens is 1. The van der Waals surface area contributed by atoms with Crippen LogP contribution in [-0.2, 0) is 13.0 Å². The molecule has 1 aromatic heterocycles. The summed E-state index contributed by atoms with van der Waals surface area (Å²) in [4.78, 5) is 26.3. The molecule has 1 aromatic carbocycles. The van der Waals surface area contributed by atoms with Crippen LogP contribution in [0.5, 0.6) is 0 Å². The van der Waals surface area contributed by atoms with Gasteiger partial charge in [-0.2, -0.15) is 0 Å². The summed E-state index contributed by atoms with van der Waals surface area (Å²) in [6.45, 7) is 3.84. The zero-order valence-electron chi connectivity index (χ0n) is 16.2. The lowest BCUT2D eigenvalue weighted by molar-refractivity contribution is -0.0112. The third-order valence-corrected chi connectivity index (χ3v) is 4.85. The standard InChI is InChI=1S/C19H21F3N4O3/c1-10-8-12(4-5-14(10)20)24-18(28)26-7-6-15-13(9-26)16(29-25-15)17(27)23-11(2)19(3,21)22/h4-5,8,11H,6-7,9H2,1-3H3,(H,23,27)(H,24,28)/t11-/m1/s1. The van der Waals surface area contributed by atoms with Crippen LogP contribution in [0.1, 0.15) is 41.2 Å². The van der Waals surface area contributed by atoms with Crippen LogP contribution in [0.25, 0.3) is 0 Å². The van der Waals surface area contributed by atoms with Gasteiger partial charge in [0, 0.05) is 31.1 Å². The number of alkyl halides is 2. The van der Waals surface area contributed by atoms with Gasteiger partial charge in [-0.05, 0) is 37.6 Å². The number of rotatable bonds is 4. The third kappa shape index (κ3) is 4.52. The fourth-order valence-corrected chi connectivity index (χ4v) is 2.88. The number of hydrogen-bond donors (Lipinski definition) is 2. The SMILES string of the molecule is Cc1cc(NC(=O)N2CCc3noc(C(=O)N[C@H](C)C(C)(F)F)c3C2)ccc1F. The van der Waals surface area contributed by atoms with Gasteiger partial charge in [-0.25, -0.2) is 18.0 Å². The second-order valence-electron chi connectivity index (χ2n) is 7.15. The first kappa shape index (κ1) is 20.7. The lowest BCUT2D eigenvalue weighted by Crippen LogP contribution is -2.44. The normalized spacial score (nSPS) is 14.9. The Balaban J connectivity index is 1.71. The van der Waals surface area contributed by atoms with E-state index < -0.39 is 23.9 Å². The molecule has 3 rings (SSSR count). The second kappa shape index (κ2) is 7.76. The number of benzene rings is 1. The third-order valence-electron chi connectivity index (χ3n) is 4.85. The minimum absolute atomic E-state index is 0.0322. The number of aryl methyl sites for hydroxylation is 1. The Bertz CT molecular complexity index is 939. The fraction of sp³-hybridized carbons (Fsp3) is 0.421. The van der Waals surface area contributed by atoms with E-state index in [0.29, 0.717) is 42.4 Å². The number of nitrogens with zero attached hydrogens (tertiary/aromatic N) is 2. The highest BCUT2D eigenvalue weighted by molar-refractivity contribution is 5.94. The molecule has 3 amide bonds. The first-order valence-corrected chi connectivity index (χ1v) is 9.04. The molecule has 2 heterocycles.